The number of carbonyl (C=O) groups is 1. The van der Waals surface area contributed by atoms with Gasteiger partial charge < -0.3 is 19.3 Å². The Bertz CT molecular complexity index is 854. The third-order valence-electron chi connectivity index (χ3n) is 5.94. The first-order valence-corrected chi connectivity index (χ1v) is 9.93. The summed E-state index contributed by atoms with van der Waals surface area (Å²) in [6, 6.07) is 8.29. The van der Waals surface area contributed by atoms with Crippen molar-refractivity contribution in [3.63, 3.8) is 0 Å². The molecule has 146 valence electrons. The van der Waals surface area contributed by atoms with E-state index in [4.69, 9.17) is 9.47 Å². The summed E-state index contributed by atoms with van der Waals surface area (Å²) in [7, 11) is 0. The maximum Gasteiger partial charge on any atom is 0.274 e. The molecule has 2 saturated heterocycles. The largest absolute Gasteiger partial charge is 0.355 e. The molecule has 0 bridgehead atoms. The minimum absolute atomic E-state index is 0.0566. The van der Waals surface area contributed by atoms with Gasteiger partial charge in [-0.3, -0.25) is 4.79 Å². The predicted molar refractivity (Wildman–Crippen MR) is 103 cm³/mol. The van der Waals surface area contributed by atoms with Gasteiger partial charge in [-0.1, -0.05) is 24.3 Å². The molecule has 1 spiro atoms. The van der Waals surface area contributed by atoms with Crippen molar-refractivity contribution in [3.05, 3.63) is 53.5 Å². The van der Waals surface area contributed by atoms with Crippen LogP contribution in [0, 0.1) is 0 Å². The maximum absolute atomic E-state index is 12.8. The molecule has 2 fully saturated rings. The molecular weight excluding hydrogens is 356 g/mol. The Kier molecular flexibility index (Phi) is 4.49. The number of amides is 1. The van der Waals surface area contributed by atoms with E-state index in [0.29, 0.717) is 32.0 Å². The van der Waals surface area contributed by atoms with E-state index in [1.807, 2.05) is 17.0 Å². The van der Waals surface area contributed by atoms with E-state index < -0.39 is 5.79 Å². The van der Waals surface area contributed by atoms with Crippen LogP contribution in [0.3, 0.4) is 0 Å². The summed E-state index contributed by atoms with van der Waals surface area (Å²) in [5.41, 5.74) is 2.94. The fourth-order valence-electron chi connectivity index (χ4n) is 4.29. The molecular formula is C21H24N4O3. The lowest BCUT2D eigenvalue weighted by molar-refractivity contribution is -0.169. The quantitative estimate of drug-likeness (QED) is 0.794. The first-order chi connectivity index (χ1) is 13.7. The van der Waals surface area contributed by atoms with Gasteiger partial charge in [0.25, 0.3) is 5.91 Å². The van der Waals surface area contributed by atoms with Crippen molar-refractivity contribution in [2.75, 3.05) is 37.7 Å². The Morgan fingerprint density at radius 2 is 1.71 bits per heavy atom. The van der Waals surface area contributed by atoms with Crippen LogP contribution < -0.4 is 4.90 Å². The molecule has 28 heavy (non-hydrogen) atoms. The van der Waals surface area contributed by atoms with Crippen LogP contribution in [0.2, 0.25) is 0 Å². The second-order valence-corrected chi connectivity index (χ2v) is 7.60. The molecule has 1 aromatic heterocycles. The molecule has 1 aromatic carbocycles. The highest BCUT2D eigenvalue weighted by Gasteiger charge is 2.40. The third-order valence-corrected chi connectivity index (χ3v) is 5.94. The van der Waals surface area contributed by atoms with Crippen LogP contribution in [0.15, 0.2) is 36.7 Å². The van der Waals surface area contributed by atoms with Crippen molar-refractivity contribution < 1.29 is 14.3 Å². The highest BCUT2D eigenvalue weighted by Crippen LogP contribution is 2.32. The molecule has 0 saturated carbocycles. The standard InChI is InChI=1S/C21H24N4O3/c26-20(25-8-5-16-3-1-2-4-17(16)15-25)18-13-23-19(14-22-18)24-9-6-21(7-10-24)27-11-12-28-21/h1-4,13-14H,5-12,15H2. The second kappa shape index (κ2) is 7.14. The highest BCUT2D eigenvalue weighted by atomic mass is 16.7. The van der Waals surface area contributed by atoms with E-state index in [0.717, 1.165) is 38.2 Å². The van der Waals surface area contributed by atoms with Crippen LogP contribution in [0.5, 0.6) is 0 Å². The zero-order chi connectivity index (χ0) is 19.0. The molecule has 3 aliphatic heterocycles. The zero-order valence-corrected chi connectivity index (χ0v) is 15.8. The number of hydrogen-bond donors (Lipinski definition) is 0. The van der Waals surface area contributed by atoms with Gasteiger partial charge in [0.15, 0.2) is 5.79 Å². The minimum atomic E-state index is -0.398. The Morgan fingerprint density at radius 1 is 0.964 bits per heavy atom. The van der Waals surface area contributed by atoms with Gasteiger partial charge in [0.1, 0.15) is 11.5 Å². The molecule has 0 radical (unpaired) electrons. The third kappa shape index (κ3) is 3.25. The average Bonchev–Trinajstić information content (AvgIpc) is 3.21. The normalized spacial score (nSPS) is 21.0. The predicted octanol–water partition coefficient (Wildman–Crippen LogP) is 2.02. The SMILES string of the molecule is O=C(c1cnc(N2CCC3(CC2)OCCO3)cn1)N1CCc2ccccc2C1. The van der Waals surface area contributed by atoms with E-state index in [1.54, 1.807) is 12.4 Å². The van der Waals surface area contributed by atoms with E-state index in [1.165, 1.54) is 11.1 Å². The molecule has 0 unspecified atom stereocenters. The summed E-state index contributed by atoms with van der Waals surface area (Å²) in [5.74, 6) is 0.344. The fraction of sp³-hybridized carbons (Fsp3) is 0.476. The number of benzene rings is 1. The fourth-order valence-corrected chi connectivity index (χ4v) is 4.29. The topological polar surface area (TPSA) is 67.8 Å². The molecule has 3 aliphatic rings. The van der Waals surface area contributed by atoms with Gasteiger partial charge in [-0.25, -0.2) is 9.97 Å². The molecule has 5 rings (SSSR count). The van der Waals surface area contributed by atoms with E-state index in [-0.39, 0.29) is 5.91 Å². The van der Waals surface area contributed by atoms with Crippen molar-refractivity contribution in [3.8, 4) is 0 Å². The Hall–Kier alpha value is -2.51. The second-order valence-electron chi connectivity index (χ2n) is 7.60. The lowest BCUT2D eigenvalue weighted by Crippen LogP contribution is -2.45. The number of ether oxygens (including phenoxy) is 2. The number of carbonyl (C=O) groups excluding carboxylic acids is 1. The lowest BCUT2D eigenvalue weighted by Gasteiger charge is -2.38. The number of anilines is 1. The summed E-state index contributed by atoms with van der Waals surface area (Å²) < 4.78 is 11.5. The molecule has 1 amide bonds. The van der Waals surface area contributed by atoms with Gasteiger partial charge in [-0.2, -0.15) is 0 Å². The van der Waals surface area contributed by atoms with Crippen LogP contribution in [-0.2, 0) is 22.4 Å². The van der Waals surface area contributed by atoms with E-state index >= 15 is 0 Å². The summed E-state index contributed by atoms with van der Waals surface area (Å²) in [4.78, 5) is 25.8. The minimum Gasteiger partial charge on any atom is -0.355 e. The molecule has 0 N–H and O–H groups in total. The summed E-state index contributed by atoms with van der Waals surface area (Å²) in [6.07, 6.45) is 5.84. The maximum atomic E-state index is 12.8. The molecule has 0 aliphatic carbocycles. The number of nitrogens with zero attached hydrogens (tertiary/aromatic N) is 4. The van der Waals surface area contributed by atoms with Crippen LogP contribution in [0.1, 0.15) is 34.5 Å². The van der Waals surface area contributed by atoms with Crippen molar-refractivity contribution in [2.45, 2.75) is 31.6 Å². The molecule has 2 aromatic rings. The lowest BCUT2D eigenvalue weighted by atomic mass is 10.00. The number of rotatable bonds is 2. The van der Waals surface area contributed by atoms with Crippen LogP contribution in [0.25, 0.3) is 0 Å². The van der Waals surface area contributed by atoms with Gasteiger partial charge in [0.05, 0.1) is 25.6 Å². The van der Waals surface area contributed by atoms with E-state index in [2.05, 4.69) is 27.0 Å². The molecule has 0 atom stereocenters. The van der Waals surface area contributed by atoms with Crippen molar-refractivity contribution in [1.29, 1.82) is 0 Å². The monoisotopic (exact) mass is 380 g/mol. The van der Waals surface area contributed by atoms with Crippen LogP contribution >= 0.6 is 0 Å². The summed E-state index contributed by atoms with van der Waals surface area (Å²) in [6.45, 7) is 4.32. The van der Waals surface area contributed by atoms with Crippen molar-refractivity contribution in [2.24, 2.45) is 0 Å². The van der Waals surface area contributed by atoms with Crippen molar-refractivity contribution in [1.82, 2.24) is 14.9 Å². The van der Waals surface area contributed by atoms with E-state index in [9.17, 15) is 4.79 Å². The van der Waals surface area contributed by atoms with Gasteiger partial charge in [-0.15, -0.1) is 0 Å². The van der Waals surface area contributed by atoms with Gasteiger partial charge in [-0.05, 0) is 17.5 Å². The zero-order valence-electron chi connectivity index (χ0n) is 15.8. The van der Waals surface area contributed by atoms with Crippen molar-refractivity contribution >= 4 is 11.7 Å². The Balaban J connectivity index is 1.24. The highest BCUT2D eigenvalue weighted by molar-refractivity contribution is 5.92. The number of fused-ring (bicyclic) bond motifs is 1. The smallest absolute Gasteiger partial charge is 0.274 e. The molecule has 7 heteroatoms. The van der Waals surface area contributed by atoms with Crippen LogP contribution in [-0.4, -0.2) is 59.4 Å². The number of aromatic nitrogens is 2. The Labute approximate surface area is 164 Å². The molecule has 7 nitrogen and oxygen atoms in total. The van der Waals surface area contributed by atoms with Crippen LogP contribution in [0.4, 0.5) is 5.82 Å². The first-order valence-electron chi connectivity index (χ1n) is 9.93. The summed E-state index contributed by atoms with van der Waals surface area (Å²) in [5, 5.41) is 0. The van der Waals surface area contributed by atoms with Gasteiger partial charge >= 0.3 is 0 Å². The van der Waals surface area contributed by atoms with Gasteiger partial charge in [0, 0.05) is 39.0 Å². The number of hydrogen-bond acceptors (Lipinski definition) is 6. The number of piperidine rings is 1. The Morgan fingerprint density at radius 3 is 2.43 bits per heavy atom. The summed E-state index contributed by atoms with van der Waals surface area (Å²) >= 11 is 0. The first kappa shape index (κ1) is 17.6. The van der Waals surface area contributed by atoms with Gasteiger partial charge in [0.2, 0.25) is 0 Å². The molecule has 4 heterocycles. The average molecular weight is 380 g/mol.